The number of carboxylic acid groups (broad SMARTS) is 2. The second kappa shape index (κ2) is 17.1. The number of nitrogens with one attached hydrogen (secondary N) is 2. The molecule has 2 heterocycles. The third kappa shape index (κ3) is 9.80. The largest absolute Gasteiger partial charge is 0.505 e. The van der Waals surface area contributed by atoms with Gasteiger partial charge in [-0.05, 0) is 86.6 Å². The van der Waals surface area contributed by atoms with Crippen LogP contribution < -0.4 is 15.4 Å². The zero-order valence-electron chi connectivity index (χ0n) is 29.3. The standard InChI is InChI=1S/C20H15F3N2O5.C19H16N2O4S/c1-10-15-8-13(30-12-4-2-11(3-5-12)20(21,22)23)6-7-14(15)18(28)17(25-10)19(29)24-9-16(26)27;1-11-15-9-13(26-12-5-3-2-4-6-12)7-8-14(15)18(24)17(21-11)19(25)20-10-16(22)23/h2-8,28H,9H2,1H3,(H,24,29)(H,26,27);2-9,24H,10H2,1H3,(H,20,25)(H,22,23). The average molecular weight is 789 g/mol. The summed E-state index contributed by atoms with van der Waals surface area (Å²) in [7, 11) is 0. The summed E-state index contributed by atoms with van der Waals surface area (Å²) < 4.78 is 43.5. The smallest absolute Gasteiger partial charge is 0.416 e. The van der Waals surface area contributed by atoms with Crippen LogP contribution in [0.15, 0.2) is 101 Å². The van der Waals surface area contributed by atoms with Gasteiger partial charge in [0, 0.05) is 42.7 Å². The quantitative estimate of drug-likeness (QED) is 0.0823. The molecule has 0 unspecified atom stereocenters. The van der Waals surface area contributed by atoms with E-state index >= 15 is 0 Å². The molecule has 0 fully saturated rings. The number of carbonyl (C=O) groups is 4. The van der Waals surface area contributed by atoms with Crippen LogP contribution in [-0.4, -0.2) is 67.2 Å². The Hall–Kier alpha value is -6.88. The van der Waals surface area contributed by atoms with Crippen LogP contribution in [0.2, 0.25) is 0 Å². The van der Waals surface area contributed by atoms with E-state index in [-0.39, 0.29) is 34.0 Å². The fourth-order valence-electron chi connectivity index (χ4n) is 5.27. The zero-order valence-corrected chi connectivity index (χ0v) is 30.2. The molecule has 0 saturated carbocycles. The second-order valence-electron chi connectivity index (χ2n) is 11.9. The molecular weight excluding hydrogens is 758 g/mol. The van der Waals surface area contributed by atoms with Crippen LogP contribution in [0, 0.1) is 13.8 Å². The number of aliphatic carboxylic acids is 2. The van der Waals surface area contributed by atoms with Crippen LogP contribution in [0.1, 0.15) is 37.9 Å². The van der Waals surface area contributed by atoms with Crippen LogP contribution >= 0.6 is 11.8 Å². The summed E-state index contributed by atoms with van der Waals surface area (Å²) in [5.74, 6) is -4.20. The lowest BCUT2D eigenvalue weighted by atomic mass is 10.1. The molecule has 0 saturated heterocycles. The molecule has 17 heteroatoms. The fraction of sp³-hybridized carbons (Fsp3) is 0.128. The Balaban J connectivity index is 0.000000216. The summed E-state index contributed by atoms with van der Waals surface area (Å²) in [5, 5.41) is 44.4. The highest BCUT2D eigenvalue weighted by Gasteiger charge is 2.30. The van der Waals surface area contributed by atoms with Gasteiger partial charge in [-0.3, -0.25) is 19.2 Å². The maximum atomic E-state index is 12.7. The molecule has 13 nitrogen and oxygen atoms in total. The first-order valence-corrected chi connectivity index (χ1v) is 17.2. The van der Waals surface area contributed by atoms with Crippen molar-refractivity contribution >= 4 is 57.1 Å². The number of carbonyl (C=O) groups excluding carboxylic acids is 2. The molecule has 56 heavy (non-hydrogen) atoms. The van der Waals surface area contributed by atoms with Crippen LogP contribution in [0.5, 0.6) is 23.0 Å². The molecule has 288 valence electrons. The molecule has 4 aromatic carbocycles. The SMILES string of the molecule is Cc1nc(C(=O)NCC(=O)O)c(O)c2ccc(Oc3ccc(C(F)(F)F)cc3)cc12.Cc1nc(C(=O)NCC(=O)O)c(O)c2ccc(Sc3ccccc3)cc12. The lowest BCUT2D eigenvalue weighted by molar-refractivity contribution is -0.138. The van der Waals surface area contributed by atoms with Gasteiger partial charge in [-0.15, -0.1) is 0 Å². The predicted molar refractivity (Wildman–Crippen MR) is 198 cm³/mol. The van der Waals surface area contributed by atoms with Crippen molar-refractivity contribution in [2.75, 3.05) is 13.1 Å². The second-order valence-corrected chi connectivity index (χ2v) is 13.0. The van der Waals surface area contributed by atoms with E-state index in [0.717, 1.165) is 27.3 Å². The number of amides is 2. The number of aromatic hydroxyl groups is 2. The molecule has 0 bridgehead atoms. The number of carboxylic acids is 2. The molecule has 0 aliphatic heterocycles. The van der Waals surface area contributed by atoms with E-state index in [1.807, 2.05) is 42.5 Å². The van der Waals surface area contributed by atoms with Gasteiger partial charge < -0.3 is 35.8 Å². The highest BCUT2D eigenvalue weighted by molar-refractivity contribution is 7.99. The number of pyridine rings is 2. The number of aryl methyl sites for hydroxylation is 2. The topological polar surface area (TPSA) is 208 Å². The van der Waals surface area contributed by atoms with E-state index in [0.29, 0.717) is 22.2 Å². The Morgan fingerprint density at radius 3 is 1.62 bits per heavy atom. The Morgan fingerprint density at radius 1 is 0.643 bits per heavy atom. The molecule has 0 aliphatic rings. The highest BCUT2D eigenvalue weighted by atomic mass is 32.2. The first kappa shape index (κ1) is 40.3. The van der Waals surface area contributed by atoms with Gasteiger partial charge in [-0.25, -0.2) is 9.97 Å². The average Bonchev–Trinajstić information content (AvgIpc) is 3.16. The van der Waals surface area contributed by atoms with Crippen molar-refractivity contribution in [2.45, 2.75) is 29.8 Å². The molecule has 6 rings (SSSR count). The van der Waals surface area contributed by atoms with E-state index in [4.69, 9.17) is 14.9 Å². The van der Waals surface area contributed by atoms with Crippen molar-refractivity contribution in [2.24, 2.45) is 0 Å². The zero-order chi connectivity index (χ0) is 40.7. The predicted octanol–water partition coefficient (Wildman–Crippen LogP) is 7.09. The first-order chi connectivity index (χ1) is 26.5. The summed E-state index contributed by atoms with van der Waals surface area (Å²) in [6, 6.07) is 24.0. The molecular formula is C39H31F3N4O9S. The van der Waals surface area contributed by atoms with Crippen molar-refractivity contribution in [1.82, 2.24) is 20.6 Å². The number of fused-ring (bicyclic) bond motifs is 2. The molecule has 0 atom stereocenters. The van der Waals surface area contributed by atoms with Crippen molar-refractivity contribution in [3.05, 3.63) is 119 Å². The molecule has 0 spiro atoms. The number of benzene rings is 4. The van der Waals surface area contributed by atoms with Crippen LogP contribution in [0.4, 0.5) is 13.2 Å². The van der Waals surface area contributed by atoms with Gasteiger partial charge in [0.2, 0.25) is 0 Å². The summed E-state index contributed by atoms with van der Waals surface area (Å²) in [4.78, 5) is 55.6. The molecule has 6 aromatic rings. The van der Waals surface area contributed by atoms with Crippen LogP contribution in [0.25, 0.3) is 21.5 Å². The van der Waals surface area contributed by atoms with Gasteiger partial charge in [0.25, 0.3) is 11.8 Å². The van der Waals surface area contributed by atoms with E-state index in [9.17, 15) is 42.6 Å². The van der Waals surface area contributed by atoms with Gasteiger partial charge in [0.1, 0.15) is 24.6 Å². The molecule has 0 aliphatic carbocycles. The fourth-order valence-corrected chi connectivity index (χ4v) is 6.15. The van der Waals surface area contributed by atoms with E-state index in [1.165, 1.54) is 30.3 Å². The van der Waals surface area contributed by atoms with Crippen molar-refractivity contribution < 1.29 is 57.5 Å². The van der Waals surface area contributed by atoms with Crippen molar-refractivity contribution in [3.63, 3.8) is 0 Å². The molecule has 2 amide bonds. The maximum absolute atomic E-state index is 12.7. The van der Waals surface area contributed by atoms with Gasteiger partial charge >= 0.3 is 18.1 Å². The van der Waals surface area contributed by atoms with E-state index in [2.05, 4.69) is 20.6 Å². The summed E-state index contributed by atoms with van der Waals surface area (Å²) >= 11 is 1.58. The number of rotatable bonds is 10. The number of nitrogens with zero attached hydrogens (tertiary/aromatic N) is 2. The first-order valence-electron chi connectivity index (χ1n) is 16.4. The van der Waals surface area contributed by atoms with Crippen molar-refractivity contribution in [1.29, 1.82) is 0 Å². The number of ether oxygens (including phenoxy) is 1. The Kier molecular flexibility index (Phi) is 12.3. The number of aromatic nitrogens is 2. The number of hydrogen-bond donors (Lipinski definition) is 6. The van der Waals surface area contributed by atoms with E-state index in [1.54, 1.807) is 31.7 Å². The molecule has 6 N–H and O–H groups in total. The molecule has 2 aromatic heterocycles. The van der Waals surface area contributed by atoms with Crippen LogP contribution in [-0.2, 0) is 15.8 Å². The Labute approximate surface area is 319 Å². The monoisotopic (exact) mass is 788 g/mol. The Bertz CT molecular complexity index is 2460. The number of halogens is 3. The highest BCUT2D eigenvalue weighted by Crippen LogP contribution is 2.36. The van der Waals surface area contributed by atoms with Crippen molar-refractivity contribution in [3.8, 4) is 23.0 Å². The normalized spacial score (nSPS) is 11.0. The summed E-state index contributed by atoms with van der Waals surface area (Å²) in [6.45, 7) is 2.16. The lowest BCUT2D eigenvalue weighted by Gasteiger charge is -2.12. The summed E-state index contributed by atoms with van der Waals surface area (Å²) in [5.41, 5.74) is -0.362. The van der Waals surface area contributed by atoms with Gasteiger partial charge in [0.05, 0.1) is 5.56 Å². The van der Waals surface area contributed by atoms with Gasteiger partial charge in [0.15, 0.2) is 22.9 Å². The molecule has 0 radical (unpaired) electrons. The minimum atomic E-state index is -4.45. The Morgan fingerprint density at radius 2 is 1.12 bits per heavy atom. The van der Waals surface area contributed by atoms with E-state index < -0.39 is 54.3 Å². The number of alkyl halides is 3. The van der Waals surface area contributed by atoms with Gasteiger partial charge in [-0.1, -0.05) is 30.0 Å². The number of hydrogen-bond acceptors (Lipinski definition) is 10. The summed E-state index contributed by atoms with van der Waals surface area (Å²) in [6.07, 6.45) is -4.45. The maximum Gasteiger partial charge on any atom is 0.416 e. The van der Waals surface area contributed by atoms with Crippen LogP contribution in [0.3, 0.4) is 0 Å². The lowest BCUT2D eigenvalue weighted by Crippen LogP contribution is -2.30. The third-order valence-electron chi connectivity index (χ3n) is 7.91. The third-order valence-corrected chi connectivity index (χ3v) is 8.90. The minimum Gasteiger partial charge on any atom is -0.505 e. The van der Waals surface area contributed by atoms with Gasteiger partial charge in [-0.2, -0.15) is 13.2 Å². The minimum absolute atomic E-state index is 0.181.